The number of para-hydroxylation sites is 1. The van der Waals surface area contributed by atoms with Crippen molar-refractivity contribution in [1.82, 2.24) is 20.5 Å². The van der Waals surface area contributed by atoms with Crippen molar-refractivity contribution < 1.29 is 29.1 Å². The number of nitrogens with two attached hydrogens (primary N) is 2. The van der Waals surface area contributed by atoms with Gasteiger partial charge in [0, 0.05) is 36.5 Å². The van der Waals surface area contributed by atoms with Crippen LogP contribution in [0.5, 0.6) is 0 Å². The number of aromatic nitrogens is 1. The number of benzene rings is 1. The second kappa shape index (κ2) is 12.5. The quantitative estimate of drug-likeness (QED) is 0.222. The minimum atomic E-state index is -1.20. The number of fused-ring (bicyclic) bond motifs is 1. The lowest BCUT2D eigenvalue weighted by Gasteiger charge is -2.29. The molecule has 12 heteroatoms. The Kier molecular flexibility index (Phi) is 9.45. The van der Waals surface area contributed by atoms with E-state index in [0.29, 0.717) is 12.8 Å². The summed E-state index contributed by atoms with van der Waals surface area (Å²) < 4.78 is 0. The lowest BCUT2D eigenvalue weighted by Crippen LogP contribution is -2.58. The zero-order chi connectivity index (χ0) is 28.0. The molecule has 4 amide bonds. The average Bonchev–Trinajstić information content (AvgIpc) is 3.52. The molecule has 1 aromatic heterocycles. The summed E-state index contributed by atoms with van der Waals surface area (Å²) in [5.74, 6) is -3.78. The summed E-state index contributed by atoms with van der Waals surface area (Å²) in [5, 5.41) is 15.7. The molecule has 1 aliphatic rings. The lowest BCUT2D eigenvalue weighted by atomic mass is 10.0. The van der Waals surface area contributed by atoms with E-state index in [-0.39, 0.29) is 31.7 Å². The third-order valence-electron chi connectivity index (χ3n) is 6.87. The summed E-state index contributed by atoms with van der Waals surface area (Å²) in [4.78, 5) is 67.2. The second-order valence-corrected chi connectivity index (χ2v) is 9.99. The van der Waals surface area contributed by atoms with E-state index in [2.05, 4.69) is 15.6 Å². The Bertz CT molecular complexity index is 1190. The van der Waals surface area contributed by atoms with Crippen molar-refractivity contribution >= 4 is 40.5 Å². The fourth-order valence-electron chi connectivity index (χ4n) is 4.60. The summed E-state index contributed by atoms with van der Waals surface area (Å²) in [7, 11) is 0. The molecule has 0 saturated carbocycles. The SMILES string of the molecule is CC(C)C(N)C(=O)NC(Cc1c[nH]c2ccccc12)C(=O)NC(CCC(N)=O)C(=O)N1CCCC1C(=O)O. The Morgan fingerprint density at radius 3 is 2.45 bits per heavy atom. The first-order chi connectivity index (χ1) is 18.0. The number of H-pyrrole nitrogens is 1. The summed E-state index contributed by atoms with van der Waals surface area (Å²) in [6.45, 7) is 3.79. The fraction of sp³-hybridized carbons (Fsp3) is 0.500. The number of likely N-dealkylation sites (tertiary alicyclic amines) is 1. The highest BCUT2D eigenvalue weighted by Crippen LogP contribution is 2.21. The molecule has 206 valence electrons. The van der Waals surface area contributed by atoms with Gasteiger partial charge in [0.2, 0.25) is 23.6 Å². The topological polar surface area (TPSA) is 201 Å². The number of primary amides is 1. The summed E-state index contributed by atoms with van der Waals surface area (Å²) in [5.41, 5.74) is 12.9. The van der Waals surface area contributed by atoms with Gasteiger partial charge in [0.25, 0.3) is 0 Å². The number of amides is 4. The molecule has 1 saturated heterocycles. The molecule has 38 heavy (non-hydrogen) atoms. The van der Waals surface area contributed by atoms with E-state index in [9.17, 15) is 29.1 Å². The molecular formula is C26H36N6O6. The highest BCUT2D eigenvalue weighted by atomic mass is 16.4. The van der Waals surface area contributed by atoms with Gasteiger partial charge in [-0.1, -0.05) is 32.0 Å². The predicted octanol–water partition coefficient (Wildman–Crippen LogP) is 0.00440. The van der Waals surface area contributed by atoms with E-state index in [0.717, 1.165) is 16.5 Å². The Morgan fingerprint density at radius 2 is 1.79 bits per heavy atom. The highest BCUT2D eigenvalue weighted by Gasteiger charge is 2.38. The lowest BCUT2D eigenvalue weighted by molar-refractivity contribution is -0.149. The molecule has 0 radical (unpaired) electrons. The number of aliphatic carboxylic acids is 1. The molecule has 0 aliphatic carbocycles. The van der Waals surface area contributed by atoms with Crippen molar-refractivity contribution in [3.8, 4) is 0 Å². The maximum atomic E-state index is 13.5. The molecule has 4 unspecified atom stereocenters. The average molecular weight is 529 g/mol. The zero-order valence-electron chi connectivity index (χ0n) is 21.6. The maximum absolute atomic E-state index is 13.5. The number of hydrogen-bond acceptors (Lipinski definition) is 6. The maximum Gasteiger partial charge on any atom is 0.326 e. The van der Waals surface area contributed by atoms with Gasteiger partial charge < -0.3 is 37.1 Å². The van der Waals surface area contributed by atoms with Gasteiger partial charge in [-0.3, -0.25) is 19.2 Å². The Balaban J connectivity index is 1.86. The van der Waals surface area contributed by atoms with Gasteiger partial charge in [0.05, 0.1) is 6.04 Å². The standard InChI is InChI=1S/C26H36N6O6/c1-14(2)22(28)24(35)31-19(12-15-13-29-17-7-4-3-6-16(15)17)23(34)30-18(9-10-21(27)33)25(36)32-11-5-8-20(32)26(37)38/h3-4,6-7,13-14,18-20,22,29H,5,8-12,28H2,1-2H3,(H2,27,33)(H,30,34)(H,31,35)(H,37,38). The number of aromatic amines is 1. The molecule has 1 aliphatic heterocycles. The van der Waals surface area contributed by atoms with Crippen LogP contribution in [-0.4, -0.2) is 75.3 Å². The zero-order valence-corrected chi connectivity index (χ0v) is 21.6. The van der Waals surface area contributed by atoms with Crippen molar-refractivity contribution in [3.05, 3.63) is 36.0 Å². The van der Waals surface area contributed by atoms with Crippen LogP contribution in [0.2, 0.25) is 0 Å². The van der Waals surface area contributed by atoms with Gasteiger partial charge in [0.15, 0.2) is 0 Å². The smallest absolute Gasteiger partial charge is 0.326 e. The van der Waals surface area contributed by atoms with Crippen molar-refractivity contribution in [2.45, 2.75) is 70.1 Å². The molecule has 12 nitrogen and oxygen atoms in total. The van der Waals surface area contributed by atoms with Crippen LogP contribution in [0, 0.1) is 5.92 Å². The molecule has 2 heterocycles. The van der Waals surface area contributed by atoms with Gasteiger partial charge in [-0.05, 0) is 36.8 Å². The van der Waals surface area contributed by atoms with Crippen molar-refractivity contribution in [2.24, 2.45) is 17.4 Å². The Hall–Kier alpha value is -3.93. The van der Waals surface area contributed by atoms with E-state index in [1.165, 1.54) is 4.90 Å². The molecule has 8 N–H and O–H groups in total. The van der Waals surface area contributed by atoms with Gasteiger partial charge >= 0.3 is 5.97 Å². The molecule has 0 bridgehead atoms. The first-order valence-electron chi connectivity index (χ1n) is 12.7. The number of hydrogen-bond donors (Lipinski definition) is 6. The van der Waals surface area contributed by atoms with Crippen molar-refractivity contribution in [1.29, 1.82) is 0 Å². The van der Waals surface area contributed by atoms with Crippen LogP contribution in [0.4, 0.5) is 0 Å². The van der Waals surface area contributed by atoms with Gasteiger partial charge in [0.1, 0.15) is 18.1 Å². The third kappa shape index (κ3) is 6.88. The summed E-state index contributed by atoms with van der Waals surface area (Å²) in [6.07, 6.45) is 2.35. The minimum Gasteiger partial charge on any atom is -0.480 e. The van der Waals surface area contributed by atoms with Gasteiger partial charge in [-0.25, -0.2) is 4.79 Å². The van der Waals surface area contributed by atoms with Crippen LogP contribution < -0.4 is 22.1 Å². The monoisotopic (exact) mass is 528 g/mol. The van der Waals surface area contributed by atoms with E-state index in [1.54, 1.807) is 20.0 Å². The Labute approximate surface area is 220 Å². The fourth-order valence-corrected chi connectivity index (χ4v) is 4.60. The van der Waals surface area contributed by atoms with Gasteiger partial charge in [-0.15, -0.1) is 0 Å². The van der Waals surface area contributed by atoms with Crippen LogP contribution in [-0.2, 0) is 30.4 Å². The molecule has 4 atom stereocenters. The van der Waals surface area contributed by atoms with Crippen LogP contribution in [0.15, 0.2) is 30.5 Å². The van der Waals surface area contributed by atoms with Crippen LogP contribution in [0.25, 0.3) is 10.9 Å². The van der Waals surface area contributed by atoms with E-state index in [1.807, 2.05) is 24.3 Å². The van der Waals surface area contributed by atoms with E-state index >= 15 is 0 Å². The number of nitrogens with one attached hydrogen (secondary N) is 3. The van der Waals surface area contributed by atoms with Crippen LogP contribution in [0.3, 0.4) is 0 Å². The number of carboxylic acids is 1. The molecule has 0 spiro atoms. The van der Waals surface area contributed by atoms with Crippen LogP contribution >= 0.6 is 0 Å². The highest BCUT2D eigenvalue weighted by molar-refractivity contribution is 5.95. The molecule has 2 aromatic rings. The van der Waals surface area contributed by atoms with Crippen molar-refractivity contribution in [2.75, 3.05) is 6.54 Å². The first kappa shape index (κ1) is 28.6. The number of rotatable bonds is 12. The first-order valence-corrected chi connectivity index (χ1v) is 12.7. The number of carbonyl (C=O) groups is 5. The molecule has 1 aromatic carbocycles. The normalized spacial score (nSPS) is 17.7. The second-order valence-electron chi connectivity index (χ2n) is 9.99. The van der Waals surface area contributed by atoms with Crippen LogP contribution in [0.1, 0.15) is 45.1 Å². The van der Waals surface area contributed by atoms with Crippen molar-refractivity contribution in [3.63, 3.8) is 0 Å². The number of carbonyl (C=O) groups excluding carboxylic acids is 4. The largest absolute Gasteiger partial charge is 0.480 e. The van der Waals surface area contributed by atoms with E-state index < -0.39 is 53.8 Å². The number of carboxylic acid groups (broad SMARTS) is 1. The summed E-state index contributed by atoms with van der Waals surface area (Å²) in [6, 6.07) is 3.33. The number of nitrogens with zero attached hydrogens (tertiary/aromatic N) is 1. The Morgan fingerprint density at radius 1 is 1.11 bits per heavy atom. The van der Waals surface area contributed by atoms with Gasteiger partial charge in [-0.2, -0.15) is 0 Å². The predicted molar refractivity (Wildman–Crippen MR) is 139 cm³/mol. The third-order valence-corrected chi connectivity index (χ3v) is 6.87. The molecular weight excluding hydrogens is 492 g/mol. The molecule has 3 rings (SSSR count). The van der Waals surface area contributed by atoms with E-state index in [4.69, 9.17) is 11.5 Å². The minimum absolute atomic E-state index is 0.102. The summed E-state index contributed by atoms with van der Waals surface area (Å²) >= 11 is 0. The molecule has 1 fully saturated rings.